The third kappa shape index (κ3) is 1.84. The Bertz CT molecular complexity index is 126. The lowest BCUT2D eigenvalue weighted by Crippen LogP contribution is -2.39. The Morgan fingerprint density at radius 1 is 0.917 bits per heavy atom. The highest BCUT2D eigenvalue weighted by molar-refractivity contribution is 4.90. The Hall–Kier alpha value is 0. The van der Waals surface area contributed by atoms with E-state index >= 15 is 0 Å². The molecule has 0 saturated heterocycles. The van der Waals surface area contributed by atoms with Gasteiger partial charge in [0.05, 0.1) is 0 Å². The van der Waals surface area contributed by atoms with Gasteiger partial charge in [-0.25, -0.2) is 0 Å². The van der Waals surface area contributed by atoms with Crippen LogP contribution in [0.25, 0.3) is 0 Å². The second-order valence-electron chi connectivity index (χ2n) is 4.56. The molecular formula is C12H24. The summed E-state index contributed by atoms with van der Waals surface area (Å²) in [5.41, 5.74) is 0. The molecule has 0 aromatic carbocycles. The lowest BCUT2D eigenvalue weighted by molar-refractivity contribution is 0.0212. The molecule has 4 unspecified atom stereocenters. The van der Waals surface area contributed by atoms with Gasteiger partial charge in [0, 0.05) is 0 Å². The van der Waals surface area contributed by atoms with Crippen LogP contribution in [0.15, 0.2) is 0 Å². The van der Waals surface area contributed by atoms with Crippen molar-refractivity contribution in [3.8, 4) is 0 Å². The van der Waals surface area contributed by atoms with Crippen LogP contribution in [0.3, 0.4) is 0 Å². The summed E-state index contributed by atoms with van der Waals surface area (Å²) < 4.78 is 0. The molecule has 12 heavy (non-hydrogen) atoms. The maximum Gasteiger partial charge on any atom is -0.0360 e. The van der Waals surface area contributed by atoms with Crippen LogP contribution in [0.4, 0.5) is 0 Å². The molecular weight excluding hydrogens is 144 g/mol. The van der Waals surface area contributed by atoms with E-state index in [0.717, 1.165) is 23.7 Å². The first-order chi connectivity index (χ1) is 5.77. The van der Waals surface area contributed by atoms with E-state index in [0.29, 0.717) is 0 Å². The van der Waals surface area contributed by atoms with Crippen LogP contribution in [0, 0.1) is 23.7 Å². The van der Waals surface area contributed by atoms with E-state index in [2.05, 4.69) is 13.8 Å². The monoisotopic (exact) mass is 168 g/mol. The smallest absolute Gasteiger partial charge is 0.0360 e. The van der Waals surface area contributed by atoms with Crippen molar-refractivity contribution in [1.82, 2.24) is 0 Å². The fourth-order valence-electron chi connectivity index (χ4n) is 3.00. The van der Waals surface area contributed by atoms with Gasteiger partial charge in [-0.2, -0.15) is 0 Å². The molecule has 2 rings (SSSR count). The van der Waals surface area contributed by atoms with Crippen LogP contribution in [0.1, 0.15) is 53.4 Å². The van der Waals surface area contributed by atoms with E-state index in [1.807, 2.05) is 13.8 Å². The first kappa shape index (κ1) is 10.1. The van der Waals surface area contributed by atoms with Crippen molar-refractivity contribution < 1.29 is 0 Å². The van der Waals surface area contributed by atoms with Crippen LogP contribution in [-0.4, -0.2) is 0 Å². The van der Waals surface area contributed by atoms with Crippen molar-refractivity contribution in [2.75, 3.05) is 0 Å². The van der Waals surface area contributed by atoms with Gasteiger partial charge in [0.1, 0.15) is 0 Å². The predicted octanol–water partition coefficient (Wildman–Crippen LogP) is 4.10. The Labute approximate surface area is 77.7 Å². The quantitative estimate of drug-likeness (QED) is 0.511. The van der Waals surface area contributed by atoms with Crippen LogP contribution >= 0.6 is 0 Å². The van der Waals surface area contributed by atoms with E-state index in [-0.39, 0.29) is 0 Å². The second kappa shape index (κ2) is 4.30. The Morgan fingerprint density at radius 3 is 2.08 bits per heavy atom. The predicted molar refractivity (Wildman–Crippen MR) is 55.1 cm³/mol. The van der Waals surface area contributed by atoms with Crippen LogP contribution in [-0.2, 0) is 0 Å². The van der Waals surface area contributed by atoms with E-state index in [4.69, 9.17) is 0 Å². The first-order valence-electron chi connectivity index (χ1n) is 5.77. The van der Waals surface area contributed by atoms with Gasteiger partial charge >= 0.3 is 0 Å². The minimum absolute atomic E-state index is 1.04. The number of fused-ring (bicyclic) bond motifs is 1. The molecule has 0 heterocycles. The summed E-state index contributed by atoms with van der Waals surface area (Å²) in [4.78, 5) is 0. The summed E-state index contributed by atoms with van der Waals surface area (Å²) in [5.74, 6) is 4.38. The molecule has 0 nitrogen and oxygen atoms in total. The van der Waals surface area contributed by atoms with E-state index in [1.165, 1.54) is 25.7 Å². The summed E-state index contributed by atoms with van der Waals surface area (Å²) in [5, 5.41) is 0. The topological polar surface area (TPSA) is 0 Å². The molecule has 0 spiro atoms. The van der Waals surface area contributed by atoms with Gasteiger partial charge in [0.15, 0.2) is 0 Å². The van der Waals surface area contributed by atoms with Gasteiger partial charge < -0.3 is 0 Å². The van der Waals surface area contributed by atoms with Crippen molar-refractivity contribution in [2.45, 2.75) is 53.4 Å². The molecule has 0 bridgehead atoms. The summed E-state index contributed by atoms with van der Waals surface area (Å²) in [6.45, 7) is 8.84. The van der Waals surface area contributed by atoms with Gasteiger partial charge in [-0.1, -0.05) is 34.1 Å². The molecule has 2 saturated carbocycles. The zero-order chi connectivity index (χ0) is 9.14. The highest BCUT2D eigenvalue weighted by atomic mass is 14.5. The average Bonchev–Trinajstić information content (AvgIpc) is 2.07. The molecule has 0 aromatic rings. The van der Waals surface area contributed by atoms with Gasteiger partial charge in [0.2, 0.25) is 0 Å². The summed E-state index contributed by atoms with van der Waals surface area (Å²) in [6.07, 6.45) is 6.11. The minimum Gasteiger partial charge on any atom is -0.0683 e. The maximum atomic E-state index is 2.43. The van der Waals surface area contributed by atoms with Crippen molar-refractivity contribution in [1.29, 1.82) is 0 Å². The SMILES string of the molecule is CC.CC1CCC2C(C)CC2C1. The normalized spacial score (nSPS) is 45.0. The molecule has 72 valence electrons. The zero-order valence-electron chi connectivity index (χ0n) is 9.14. The molecule has 0 amide bonds. The van der Waals surface area contributed by atoms with Crippen molar-refractivity contribution in [2.24, 2.45) is 23.7 Å². The Morgan fingerprint density at radius 2 is 1.58 bits per heavy atom. The van der Waals surface area contributed by atoms with Crippen LogP contribution in [0.5, 0.6) is 0 Å². The first-order valence-corrected chi connectivity index (χ1v) is 5.77. The molecule has 4 atom stereocenters. The maximum absolute atomic E-state index is 2.43. The molecule has 0 heteroatoms. The lowest BCUT2D eigenvalue weighted by Gasteiger charge is -2.48. The van der Waals surface area contributed by atoms with Gasteiger partial charge in [-0.3, -0.25) is 0 Å². The zero-order valence-corrected chi connectivity index (χ0v) is 9.14. The molecule has 0 N–H and O–H groups in total. The highest BCUT2D eigenvalue weighted by Crippen LogP contribution is 2.50. The Balaban J connectivity index is 0.000000336. The molecule has 2 fully saturated rings. The van der Waals surface area contributed by atoms with Crippen molar-refractivity contribution in [3.05, 3.63) is 0 Å². The van der Waals surface area contributed by atoms with Crippen LogP contribution in [0.2, 0.25) is 0 Å². The highest BCUT2D eigenvalue weighted by Gasteiger charge is 2.40. The Kier molecular flexibility index (Phi) is 3.61. The lowest BCUT2D eigenvalue weighted by atomic mass is 9.57. The van der Waals surface area contributed by atoms with E-state index in [1.54, 1.807) is 0 Å². The second-order valence-corrected chi connectivity index (χ2v) is 4.56. The molecule has 0 radical (unpaired) electrons. The summed E-state index contributed by atoms with van der Waals surface area (Å²) in [7, 11) is 0. The number of hydrogen-bond donors (Lipinski definition) is 0. The van der Waals surface area contributed by atoms with Gasteiger partial charge in [0.25, 0.3) is 0 Å². The largest absolute Gasteiger partial charge is 0.0683 e. The summed E-state index contributed by atoms with van der Waals surface area (Å²) >= 11 is 0. The standard InChI is InChI=1S/C10H18.C2H6/c1-7-3-4-10-8(2)6-9(10)5-7;1-2/h7-10H,3-6H2,1-2H3;1-2H3. The molecule has 2 aliphatic carbocycles. The summed E-state index contributed by atoms with van der Waals surface area (Å²) in [6, 6.07) is 0. The number of rotatable bonds is 0. The van der Waals surface area contributed by atoms with Gasteiger partial charge in [-0.15, -0.1) is 0 Å². The fourth-order valence-corrected chi connectivity index (χ4v) is 3.00. The third-order valence-electron chi connectivity index (χ3n) is 3.71. The van der Waals surface area contributed by atoms with Crippen LogP contribution < -0.4 is 0 Å². The van der Waals surface area contributed by atoms with Gasteiger partial charge in [-0.05, 0) is 42.9 Å². The molecule has 0 aliphatic heterocycles. The van der Waals surface area contributed by atoms with Crippen molar-refractivity contribution in [3.63, 3.8) is 0 Å². The average molecular weight is 168 g/mol. The van der Waals surface area contributed by atoms with E-state index < -0.39 is 0 Å². The van der Waals surface area contributed by atoms with E-state index in [9.17, 15) is 0 Å². The number of hydrogen-bond acceptors (Lipinski definition) is 0. The van der Waals surface area contributed by atoms with Crippen molar-refractivity contribution >= 4 is 0 Å². The third-order valence-corrected chi connectivity index (χ3v) is 3.71. The molecule has 0 aromatic heterocycles. The minimum atomic E-state index is 1.04. The fraction of sp³-hybridized carbons (Fsp3) is 1.00. The molecule has 2 aliphatic rings.